The number of esters is 1. The minimum atomic E-state index is -0.616. The highest BCUT2D eigenvalue weighted by Gasteiger charge is 2.35. The number of furan rings is 1. The predicted molar refractivity (Wildman–Crippen MR) is 98.3 cm³/mol. The van der Waals surface area contributed by atoms with Crippen molar-refractivity contribution in [3.63, 3.8) is 0 Å². The van der Waals surface area contributed by atoms with E-state index in [9.17, 15) is 14.4 Å². The van der Waals surface area contributed by atoms with Crippen molar-refractivity contribution < 1.29 is 23.5 Å². The minimum absolute atomic E-state index is 0.0429. The van der Waals surface area contributed by atoms with Crippen LogP contribution in [0, 0.1) is 5.92 Å². The molecule has 9 heteroatoms. The molecule has 1 atom stereocenters. The number of benzene rings is 1. The van der Waals surface area contributed by atoms with Crippen LogP contribution in [0.4, 0.5) is 5.69 Å². The zero-order valence-corrected chi connectivity index (χ0v) is 15.6. The largest absolute Gasteiger partial charge is 0.467 e. The first-order chi connectivity index (χ1) is 12.9. The molecule has 0 aliphatic carbocycles. The molecule has 3 rings (SSSR count). The predicted octanol–water partition coefficient (Wildman–Crippen LogP) is 3.12. The summed E-state index contributed by atoms with van der Waals surface area (Å²) in [5, 5.41) is 3.02. The van der Waals surface area contributed by atoms with Crippen molar-refractivity contribution in [1.82, 2.24) is 4.90 Å². The third-order valence-corrected chi connectivity index (χ3v) is 4.86. The average Bonchev–Trinajstić information content (AvgIpc) is 3.27. The normalized spacial score (nSPS) is 16.4. The second-order valence-corrected chi connectivity index (χ2v) is 6.80. The number of nitrogens with zero attached hydrogens (tertiary/aromatic N) is 1. The number of hydrogen-bond donors (Lipinski definition) is 1. The first-order valence-corrected chi connectivity index (χ1v) is 8.90. The van der Waals surface area contributed by atoms with E-state index in [1.54, 1.807) is 30.3 Å². The van der Waals surface area contributed by atoms with E-state index in [4.69, 9.17) is 32.4 Å². The molecule has 7 nitrogen and oxygen atoms in total. The van der Waals surface area contributed by atoms with Crippen molar-refractivity contribution in [3.8, 4) is 0 Å². The first kappa shape index (κ1) is 19.3. The molecule has 0 saturated carbocycles. The summed E-state index contributed by atoms with van der Waals surface area (Å²) in [5.74, 6) is -1.30. The van der Waals surface area contributed by atoms with E-state index >= 15 is 0 Å². The van der Waals surface area contributed by atoms with Crippen molar-refractivity contribution in [2.45, 2.75) is 13.0 Å². The van der Waals surface area contributed by atoms with E-state index in [0.29, 0.717) is 23.0 Å². The van der Waals surface area contributed by atoms with E-state index in [0.717, 1.165) is 0 Å². The van der Waals surface area contributed by atoms with Gasteiger partial charge in [-0.15, -0.1) is 0 Å². The molecule has 0 bridgehead atoms. The Labute approximate surface area is 165 Å². The molecule has 0 unspecified atom stereocenters. The summed E-state index contributed by atoms with van der Waals surface area (Å²) in [6.45, 7) is 0.0357. The number of amides is 2. The van der Waals surface area contributed by atoms with Gasteiger partial charge >= 0.3 is 5.97 Å². The average molecular weight is 411 g/mol. The third-order valence-electron chi connectivity index (χ3n) is 4.05. The van der Waals surface area contributed by atoms with Gasteiger partial charge in [-0.1, -0.05) is 29.3 Å². The molecule has 2 heterocycles. The number of halogens is 2. The van der Waals surface area contributed by atoms with Gasteiger partial charge in [-0.05, 0) is 24.3 Å². The van der Waals surface area contributed by atoms with Gasteiger partial charge in [0.05, 0.1) is 34.5 Å². The van der Waals surface area contributed by atoms with Gasteiger partial charge in [-0.25, -0.2) is 0 Å². The highest BCUT2D eigenvalue weighted by atomic mass is 35.5. The Morgan fingerprint density at radius 3 is 2.81 bits per heavy atom. The molecule has 2 amide bonds. The number of nitrogens with one attached hydrogen (secondary N) is 1. The fourth-order valence-corrected chi connectivity index (χ4v) is 3.06. The molecule has 1 N–H and O–H groups in total. The Morgan fingerprint density at radius 2 is 2.07 bits per heavy atom. The zero-order valence-electron chi connectivity index (χ0n) is 14.1. The van der Waals surface area contributed by atoms with E-state index < -0.39 is 24.4 Å². The lowest BCUT2D eigenvalue weighted by atomic mass is 10.1. The van der Waals surface area contributed by atoms with Crippen LogP contribution in [0.1, 0.15) is 12.2 Å². The molecule has 27 heavy (non-hydrogen) atoms. The smallest absolute Gasteiger partial charge is 0.311 e. The minimum Gasteiger partial charge on any atom is -0.467 e. The molecule has 1 fully saturated rings. The maximum absolute atomic E-state index is 12.2. The van der Waals surface area contributed by atoms with Gasteiger partial charge in [0.15, 0.2) is 6.61 Å². The number of rotatable bonds is 6. The number of likely N-dealkylation sites (tertiary alicyclic amines) is 1. The fraction of sp³-hybridized carbons (Fsp3) is 0.278. The number of anilines is 1. The number of hydrogen-bond acceptors (Lipinski definition) is 5. The number of carbonyl (C=O) groups is 3. The molecule has 1 aromatic heterocycles. The third kappa shape index (κ3) is 4.81. The molecule has 0 spiro atoms. The molecular formula is C18H16Cl2N2O5. The topological polar surface area (TPSA) is 88.9 Å². The molecule has 1 aromatic carbocycles. The van der Waals surface area contributed by atoms with Gasteiger partial charge in [0.25, 0.3) is 5.91 Å². The number of ether oxygens (including phenoxy) is 1. The second-order valence-electron chi connectivity index (χ2n) is 6.01. The summed E-state index contributed by atoms with van der Waals surface area (Å²) in [6, 6.07) is 8.28. The van der Waals surface area contributed by atoms with Gasteiger partial charge in [0.1, 0.15) is 5.76 Å². The lowest BCUT2D eigenvalue weighted by molar-refractivity contribution is -0.151. The van der Waals surface area contributed by atoms with Crippen LogP contribution in [-0.4, -0.2) is 35.8 Å². The Bertz CT molecular complexity index is 853. The Morgan fingerprint density at radius 1 is 1.26 bits per heavy atom. The summed E-state index contributed by atoms with van der Waals surface area (Å²) in [4.78, 5) is 37.7. The van der Waals surface area contributed by atoms with Crippen LogP contribution in [0.25, 0.3) is 0 Å². The van der Waals surface area contributed by atoms with Crippen molar-refractivity contribution in [1.29, 1.82) is 0 Å². The van der Waals surface area contributed by atoms with E-state index in [2.05, 4.69) is 5.32 Å². The van der Waals surface area contributed by atoms with Crippen molar-refractivity contribution in [2.24, 2.45) is 5.92 Å². The van der Waals surface area contributed by atoms with Crippen LogP contribution in [0.3, 0.4) is 0 Å². The Hall–Kier alpha value is -2.51. The summed E-state index contributed by atoms with van der Waals surface area (Å²) in [7, 11) is 0. The highest BCUT2D eigenvalue weighted by Crippen LogP contribution is 2.29. The fourth-order valence-electron chi connectivity index (χ4n) is 2.71. The standard InChI is InChI=1S/C18H16Cl2N2O5/c19-13-4-1-5-14(17(13)20)21-15(23)10-27-18(25)11-7-16(24)22(8-11)9-12-3-2-6-26-12/h1-6,11H,7-10H2,(H,21,23)/t11-/m1/s1. The lowest BCUT2D eigenvalue weighted by Gasteiger charge is -2.14. The summed E-state index contributed by atoms with van der Waals surface area (Å²) in [5.41, 5.74) is 0.325. The molecule has 2 aromatic rings. The van der Waals surface area contributed by atoms with Gasteiger partial charge < -0.3 is 19.4 Å². The molecule has 0 radical (unpaired) electrons. The molecule has 1 saturated heterocycles. The van der Waals surface area contributed by atoms with Crippen molar-refractivity contribution in [2.75, 3.05) is 18.5 Å². The van der Waals surface area contributed by atoms with Gasteiger partial charge in [-0.2, -0.15) is 0 Å². The molecule has 1 aliphatic heterocycles. The SMILES string of the molecule is O=C(COC(=O)[C@@H]1CC(=O)N(Cc2ccco2)C1)Nc1cccc(Cl)c1Cl. The summed E-state index contributed by atoms with van der Waals surface area (Å²) < 4.78 is 10.2. The maximum atomic E-state index is 12.2. The van der Waals surface area contributed by atoms with E-state index in [-0.39, 0.29) is 23.9 Å². The zero-order chi connectivity index (χ0) is 19.4. The Balaban J connectivity index is 1.48. The van der Waals surface area contributed by atoms with Crippen LogP contribution in [0.2, 0.25) is 10.0 Å². The van der Waals surface area contributed by atoms with Crippen molar-refractivity contribution in [3.05, 3.63) is 52.4 Å². The van der Waals surface area contributed by atoms with Crippen LogP contribution in [-0.2, 0) is 25.7 Å². The maximum Gasteiger partial charge on any atom is 0.311 e. The Kier molecular flexibility index (Phi) is 6.03. The highest BCUT2D eigenvalue weighted by molar-refractivity contribution is 6.44. The van der Waals surface area contributed by atoms with E-state index in [1.807, 2.05) is 0 Å². The van der Waals surface area contributed by atoms with Crippen LogP contribution in [0.15, 0.2) is 41.0 Å². The van der Waals surface area contributed by atoms with E-state index in [1.165, 1.54) is 11.2 Å². The van der Waals surface area contributed by atoms with Gasteiger partial charge in [0.2, 0.25) is 5.91 Å². The monoisotopic (exact) mass is 410 g/mol. The lowest BCUT2D eigenvalue weighted by Crippen LogP contribution is -2.28. The molecule has 1 aliphatic rings. The quantitative estimate of drug-likeness (QED) is 0.738. The van der Waals surface area contributed by atoms with Gasteiger partial charge in [-0.3, -0.25) is 14.4 Å². The van der Waals surface area contributed by atoms with Crippen molar-refractivity contribution >= 4 is 46.7 Å². The van der Waals surface area contributed by atoms with Crippen LogP contribution in [0.5, 0.6) is 0 Å². The van der Waals surface area contributed by atoms with Gasteiger partial charge in [0, 0.05) is 13.0 Å². The molecular weight excluding hydrogens is 395 g/mol. The van der Waals surface area contributed by atoms with Crippen LogP contribution < -0.4 is 5.32 Å². The number of carbonyl (C=O) groups excluding carboxylic acids is 3. The first-order valence-electron chi connectivity index (χ1n) is 8.14. The summed E-state index contributed by atoms with van der Waals surface area (Å²) >= 11 is 11.9. The summed E-state index contributed by atoms with van der Waals surface area (Å²) in [6.07, 6.45) is 1.56. The second kappa shape index (κ2) is 8.45. The molecule has 142 valence electrons. The van der Waals surface area contributed by atoms with Crippen LogP contribution >= 0.6 is 23.2 Å².